The van der Waals surface area contributed by atoms with Crippen molar-refractivity contribution in [3.8, 4) is 23.1 Å². The van der Waals surface area contributed by atoms with Crippen molar-refractivity contribution >= 4 is 23.5 Å². The first-order valence-corrected chi connectivity index (χ1v) is 8.55. The summed E-state index contributed by atoms with van der Waals surface area (Å²) in [5.41, 5.74) is 7.08. The van der Waals surface area contributed by atoms with Crippen LogP contribution in [0.4, 0.5) is 16.3 Å². The SMILES string of the molecule is Nc1nc(NCc2cccc(F)c2)nc(-c2noc(-c3ccccc3Cl)n2)n1. The van der Waals surface area contributed by atoms with Crippen molar-refractivity contribution in [2.45, 2.75) is 6.54 Å². The average Bonchev–Trinajstić information content (AvgIpc) is 3.16. The number of halogens is 2. The lowest BCUT2D eigenvalue weighted by atomic mass is 10.2. The van der Waals surface area contributed by atoms with E-state index < -0.39 is 0 Å². The summed E-state index contributed by atoms with van der Waals surface area (Å²) in [6, 6.07) is 13.3. The van der Waals surface area contributed by atoms with E-state index in [1.54, 1.807) is 36.4 Å². The van der Waals surface area contributed by atoms with Gasteiger partial charge in [-0.1, -0.05) is 41.0 Å². The maximum Gasteiger partial charge on any atom is 0.259 e. The molecule has 0 bridgehead atoms. The minimum atomic E-state index is -0.325. The topological polar surface area (TPSA) is 116 Å². The van der Waals surface area contributed by atoms with Crippen molar-refractivity contribution in [2.75, 3.05) is 11.1 Å². The summed E-state index contributed by atoms with van der Waals surface area (Å²) in [5.74, 6) is 0.365. The monoisotopic (exact) mass is 397 g/mol. The van der Waals surface area contributed by atoms with Crippen LogP contribution in [0.15, 0.2) is 53.1 Å². The summed E-state index contributed by atoms with van der Waals surface area (Å²) in [5, 5.41) is 7.33. The van der Waals surface area contributed by atoms with Gasteiger partial charge in [0.25, 0.3) is 5.89 Å². The zero-order valence-electron chi connectivity index (χ0n) is 14.3. The van der Waals surface area contributed by atoms with E-state index in [0.717, 1.165) is 5.56 Å². The van der Waals surface area contributed by atoms with Crippen molar-refractivity contribution in [3.05, 3.63) is 64.9 Å². The Labute approximate surface area is 163 Å². The highest BCUT2D eigenvalue weighted by Gasteiger charge is 2.16. The van der Waals surface area contributed by atoms with E-state index in [-0.39, 0.29) is 35.3 Å². The smallest absolute Gasteiger partial charge is 0.259 e. The zero-order chi connectivity index (χ0) is 19.5. The van der Waals surface area contributed by atoms with E-state index in [4.69, 9.17) is 21.9 Å². The van der Waals surface area contributed by atoms with Crippen LogP contribution in [0.1, 0.15) is 5.56 Å². The number of anilines is 2. The predicted octanol–water partition coefficient (Wildman–Crippen LogP) is 3.58. The summed E-state index contributed by atoms with van der Waals surface area (Å²) in [6.07, 6.45) is 0. The fraction of sp³-hybridized carbons (Fsp3) is 0.0556. The lowest BCUT2D eigenvalue weighted by Gasteiger charge is -2.06. The van der Waals surface area contributed by atoms with Gasteiger partial charge in [-0.05, 0) is 29.8 Å². The van der Waals surface area contributed by atoms with Crippen LogP contribution in [-0.2, 0) is 6.54 Å². The molecule has 0 fully saturated rings. The average molecular weight is 398 g/mol. The molecule has 0 atom stereocenters. The second kappa shape index (κ2) is 7.57. The van der Waals surface area contributed by atoms with E-state index in [1.165, 1.54) is 12.1 Å². The Kier molecular flexibility index (Phi) is 4.81. The van der Waals surface area contributed by atoms with Crippen LogP contribution in [0.5, 0.6) is 0 Å². The van der Waals surface area contributed by atoms with Gasteiger partial charge in [-0.25, -0.2) is 4.39 Å². The first-order chi connectivity index (χ1) is 13.6. The summed E-state index contributed by atoms with van der Waals surface area (Å²) < 4.78 is 18.5. The molecule has 4 rings (SSSR count). The first-order valence-electron chi connectivity index (χ1n) is 8.17. The van der Waals surface area contributed by atoms with Gasteiger partial charge in [0.1, 0.15) is 5.82 Å². The van der Waals surface area contributed by atoms with Crippen LogP contribution in [0.25, 0.3) is 23.1 Å². The minimum absolute atomic E-state index is 0.0177. The second-order valence-corrected chi connectivity index (χ2v) is 6.13. The van der Waals surface area contributed by atoms with Crippen LogP contribution in [0.3, 0.4) is 0 Å². The van der Waals surface area contributed by atoms with Crippen molar-refractivity contribution < 1.29 is 8.91 Å². The fourth-order valence-corrected chi connectivity index (χ4v) is 2.67. The van der Waals surface area contributed by atoms with Gasteiger partial charge in [0.15, 0.2) is 0 Å². The summed E-state index contributed by atoms with van der Waals surface area (Å²) in [4.78, 5) is 16.6. The molecular formula is C18H13ClFN7O. The number of nitrogens with zero attached hydrogens (tertiary/aromatic N) is 5. The largest absolute Gasteiger partial charge is 0.368 e. The highest BCUT2D eigenvalue weighted by molar-refractivity contribution is 6.33. The molecule has 4 aromatic rings. The molecule has 140 valence electrons. The second-order valence-electron chi connectivity index (χ2n) is 5.73. The molecule has 2 aromatic heterocycles. The Morgan fingerprint density at radius 1 is 1.00 bits per heavy atom. The number of aromatic nitrogens is 5. The quantitative estimate of drug-likeness (QED) is 0.525. The highest BCUT2D eigenvalue weighted by atomic mass is 35.5. The van der Waals surface area contributed by atoms with Gasteiger partial charge in [-0.15, -0.1) is 0 Å². The Morgan fingerprint density at radius 2 is 1.86 bits per heavy atom. The predicted molar refractivity (Wildman–Crippen MR) is 102 cm³/mol. The first kappa shape index (κ1) is 17.8. The molecule has 10 heteroatoms. The van der Waals surface area contributed by atoms with Crippen molar-refractivity contribution in [3.63, 3.8) is 0 Å². The third-order valence-corrected chi connectivity index (χ3v) is 4.05. The number of nitrogen functional groups attached to an aromatic ring is 1. The molecule has 0 spiro atoms. The van der Waals surface area contributed by atoms with E-state index in [0.29, 0.717) is 17.1 Å². The van der Waals surface area contributed by atoms with Gasteiger partial charge in [-0.3, -0.25) is 0 Å². The number of benzene rings is 2. The van der Waals surface area contributed by atoms with E-state index >= 15 is 0 Å². The highest BCUT2D eigenvalue weighted by Crippen LogP contribution is 2.27. The van der Waals surface area contributed by atoms with Crippen LogP contribution in [-0.4, -0.2) is 25.1 Å². The maximum absolute atomic E-state index is 13.3. The van der Waals surface area contributed by atoms with Crippen molar-refractivity contribution in [2.24, 2.45) is 0 Å². The molecule has 0 aliphatic carbocycles. The van der Waals surface area contributed by atoms with Crippen molar-refractivity contribution in [1.29, 1.82) is 0 Å². The van der Waals surface area contributed by atoms with E-state index in [1.807, 2.05) is 0 Å². The third kappa shape index (κ3) is 3.89. The molecule has 0 saturated heterocycles. The molecular weight excluding hydrogens is 385 g/mol. The number of nitrogens with one attached hydrogen (secondary N) is 1. The lowest BCUT2D eigenvalue weighted by Crippen LogP contribution is -2.08. The molecule has 0 aliphatic heterocycles. The molecule has 2 heterocycles. The van der Waals surface area contributed by atoms with Gasteiger partial charge >= 0.3 is 0 Å². The van der Waals surface area contributed by atoms with Gasteiger partial charge in [-0.2, -0.15) is 19.9 Å². The summed E-state index contributed by atoms with van der Waals surface area (Å²) in [7, 11) is 0. The minimum Gasteiger partial charge on any atom is -0.368 e. The van der Waals surface area contributed by atoms with Gasteiger partial charge in [0.2, 0.25) is 23.5 Å². The Bertz CT molecular complexity index is 1130. The molecule has 0 unspecified atom stereocenters. The molecule has 0 saturated carbocycles. The normalized spacial score (nSPS) is 10.8. The van der Waals surface area contributed by atoms with Crippen LogP contribution >= 0.6 is 11.6 Å². The number of rotatable bonds is 5. The molecule has 28 heavy (non-hydrogen) atoms. The molecule has 0 aliphatic rings. The van der Waals surface area contributed by atoms with Crippen molar-refractivity contribution in [1.82, 2.24) is 25.1 Å². The van der Waals surface area contributed by atoms with E-state index in [9.17, 15) is 4.39 Å². The summed E-state index contributed by atoms with van der Waals surface area (Å²) in [6.45, 7) is 0.303. The maximum atomic E-state index is 13.3. The van der Waals surface area contributed by atoms with Gasteiger partial charge in [0.05, 0.1) is 10.6 Å². The Hall–Kier alpha value is -3.59. The molecule has 0 amide bonds. The van der Waals surface area contributed by atoms with Crippen LogP contribution in [0, 0.1) is 5.82 Å². The molecule has 3 N–H and O–H groups in total. The number of hydrogen-bond donors (Lipinski definition) is 2. The van der Waals surface area contributed by atoms with Crippen LogP contribution in [0.2, 0.25) is 5.02 Å². The van der Waals surface area contributed by atoms with Gasteiger partial charge < -0.3 is 15.6 Å². The van der Waals surface area contributed by atoms with Crippen LogP contribution < -0.4 is 11.1 Å². The zero-order valence-corrected chi connectivity index (χ0v) is 15.1. The molecule has 2 aromatic carbocycles. The molecule has 8 nitrogen and oxygen atoms in total. The Morgan fingerprint density at radius 3 is 2.68 bits per heavy atom. The number of hydrogen-bond acceptors (Lipinski definition) is 8. The van der Waals surface area contributed by atoms with Gasteiger partial charge in [0, 0.05) is 6.54 Å². The number of nitrogens with two attached hydrogens (primary N) is 1. The Balaban J connectivity index is 1.58. The third-order valence-electron chi connectivity index (χ3n) is 3.72. The standard InChI is InChI=1S/C18H13ClFN7O/c19-13-7-2-1-6-12(13)16-23-15(27-28-16)14-24-17(21)26-18(25-14)22-9-10-4-3-5-11(20)8-10/h1-8H,9H2,(H3,21,22,24,25,26). The summed E-state index contributed by atoms with van der Waals surface area (Å²) >= 11 is 6.15. The molecule has 0 radical (unpaired) electrons. The van der Waals surface area contributed by atoms with E-state index in [2.05, 4.69) is 30.4 Å². The lowest BCUT2D eigenvalue weighted by molar-refractivity contribution is 0.432. The fourth-order valence-electron chi connectivity index (χ4n) is 2.46.